The van der Waals surface area contributed by atoms with Gasteiger partial charge in [0.15, 0.2) is 0 Å². The largest absolute Gasteiger partial charge is 0.381 e. The molecule has 0 saturated carbocycles. The number of fused-ring (bicyclic) bond motifs is 4. The number of pyridine rings is 1. The first-order valence-electron chi connectivity index (χ1n) is 10.6. The van der Waals surface area contributed by atoms with Crippen LogP contribution in [0.1, 0.15) is 41.2 Å². The molecule has 0 radical (unpaired) electrons. The van der Waals surface area contributed by atoms with Crippen LogP contribution in [0.4, 0.5) is 5.69 Å². The van der Waals surface area contributed by atoms with E-state index < -0.39 is 0 Å². The zero-order valence-corrected chi connectivity index (χ0v) is 16.5. The summed E-state index contributed by atoms with van der Waals surface area (Å²) in [6.07, 6.45) is 3.36. The van der Waals surface area contributed by atoms with E-state index in [0.29, 0.717) is 29.1 Å². The van der Waals surface area contributed by atoms with E-state index in [1.54, 1.807) is 18.2 Å². The summed E-state index contributed by atoms with van der Waals surface area (Å²) < 4.78 is 7.43. The SMILES string of the molecule is O=C(Nc1ccc2n(c1=O)CC1CC2CN(C2CCOCC2)C1)c1ccccc1. The lowest BCUT2D eigenvalue weighted by molar-refractivity contribution is 0.00589. The van der Waals surface area contributed by atoms with Gasteiger partial charge >= 0.3 is 0 Å². The molecule has 29 heavy (non-hydrogen) atoms. The van der Waals surface area contributed by atoms with Crippen LogP contribution in [0.25, 0.3) is 0 Å². The first-order chi connectivity index (χ1) is 14.2. The van der Waals surface area contributed by atoms with Gasteiger partial charge in [0.2, 0.25) is 0 Å². The van der Waals surface area contributed by atoms with Crippen LogP contribution in [0.3, 0.4) is 0 Å². The first-order valence-corrected chi connectivity index (χ1v) is 10.6. The van der Waals surface area contributed by atoms with Crippen molar-refractivity contribution in [3.05, 3.63) is 64.1 Å². The average Bonchev–Trinajstić information content (AvgIpc) is 2.77. The van der Waals surface area contributed by atoms with Gasteiger partial charge < -0.3 is 14.6 Å². The monoisotopic (exact) mass is 393 g/mol. The minimum atomic E-state index is -0.245. The summed E-state index contributed by atoms with van der Waals surface area (Å²) in [5, 5.41) is 2.81. The Balaban J connectivity index is 1.37. The number of rotatable bonds is 3. The van der Waals surface area contributed by atoms with Crippen LogP contribution in [0.15, 0.2) is 47.3 Å². The number of ether oxygens (including phenoxy) is 1. The Kier molecular flexibility index (Phi) is 4.97. The highest BCUT2D eigenvalue weighted by Gasteiger charge is 2.37. The Bertz CT molecular complexity index is 950. The van der Waals surface area contributed by atoms with Crippen LogP contribution in [0.5, 0.6) is 0 Å². The maximum Gasteiger partial charge on any atom is 0.274 e. The Morgan fingerprint density at radius 1 is 1.00 bits per heavy atom. The highest BCUT2D eigenvalue weighted by Crippen LogP contribution is 2.37. The third kappa shape index (κ3) is 3.63. The number of hydrogen-bond acceptors (Lipinski definition) is 4. The number of amides is 1. The summed E-state index contributed by atoms with van der Waals surface area (Å²) in [6.45, 7) is 4.51. The molecule has 1 aromatic carbocycles. The number of benzene rings is 1. The second kappa shape index (κ2) is 7.76. The zero-order valence-electron chi connectivity index (χ0n) is 16.5. The van der Waals surface area contributed by atoms with Crippen molar-refractivity contribution in [1.29, 1.82) is 0 Å². The standard InChI is InChI=1S/C23H27N3O3/c27-22(17-4-2-1-3-5-17)24-20-6-7-21-18-12-16(14-26(21)23(20)28)13-25(15-18)19-8-10-29-11-9-19/h1-7,16,18-19H,8-15H2,(H,24,27). The number of carbonyl (C=O) groups is 1. The fraction of sp³-hybridized carbons (Fsp3) is 0.478. The van der Waals surface area contributed by atoms with E-state index in [2.05, 4.69) is 10.2 Å². The Hall–Kier alpha value is -2.44. The number of nitrogens with zero attached hydrogens (tertiary/aromatic N) is 2. The smallest absolute Gasteiger partial charge is 0.274 e. The first kappa shape index (κ1) is 18.6. The predicted molar refractivity (Wildman–Crippen MR) is 111 cm³/mol. The van der Waals surface area contributed by atoms with E-state index >= 15 is 0 Å². The molecule has 1 N–H and O–H groups in total. The number of likely N-dealkylation sites (tertiary alicyclic amines) is 1. The van der Waals surface area contributed by atoms with Gasteiger partial charge in [-0.25, -0.2) is 0 Å². The fourth-order valence-corrected chi connectivity index (χ4v) is 5.21. The van der Waals surface area contributed by atoms with Gasteiger partial charge in [-0.15, -0.1) is 0 Å². The molecule has 2 fully saturated rings. The lowest BCUT2D eigenvalue weighted by atomic mass is 9.82. The van der Waals surface area contributed by atoms with Crippen LogP contribution < -0.4 is 10.9 Å². The van der Waals surface area contributed by atoms with Crippen molar-refractivity contribution < 1.29 is 9.53 Å². The highest BCUT2D eigenvalue weighted by atomic mass is 16.5. The molecule has 3 aliphatic heterocycles. The zero-order chi connectivity index (χ0) is 19.8. The summed E-state index contributed by atoms with van der Waals surface area (Å²) in [4.78, 5) is 28.2. The topological polar surface area (TPSA) is 63.6 Å². The molecule has 152 valence electrons. The van der Waals surface area contributed by atoms with Crippen LogP contribution in [0.2, 0.25) is 0 Å². The summed E-state index contributed by atoms with van der Waals surface area (Å²) in [7, 11) is 0. The van der Waals surface area contributed by atoms with E-state index in [1.165, 1.54) is 0 Å². The molecule has 2 unspecified atom stereocenters. The van der Waals surface area contributed by atoms with Gasteiger partial charge in [-0.2, -0.15) is 0 Å². The van der Waals surface area contributed by atoms with Gasteiger partial charge in [-0.05, 0) is 49.4 Å². The minimum absolute atomic E-state index is 0.0824. The summed E-state index contributed by atoms with van der Waals surface area (Å²) >= 11 is 0. The maximum atomic E-state index is 13.1. The van der Waals surface area contributed by atoms with Gasteiger partial charge in [0, 0.05) is 56.1 Å². The van der Waals surface area contributed by atoms with Crippen LogP contribution >= 0.6 is 0 Å². The van der Waals surface area contributed by atoms with Gasteiger partial charge in [0.05, 0.1) is 0 Å². The highest BCUT2D eigenvalue weighted by molar-refractivity contribution is 6.04. The molecule has 6 nitrogen and oxygen atoms in total. The number of carbonyl (C=O) groups excluding carboxylic acids is 1. The number of aromatic nitrogens is 1. The molecule has 5 rings (SSSR count). The molecular formula is C23H27N3O3. The van der Waals surface area contributed by atoms with E-state index in [1.807, 2.05) is 28.8 Å². The van der Waals surface area contributed by atoms with Crippen molar-refractivity contribution in [2.45, 2.75) is 37.8 Å². The van der Waals surface area contributed by atoms with Crippen molar-refractivity contribution in [2.75, 3.05) is 31.6 Å². The predicted octanol–water partition coefficient (Wildman–Crippen LogP) is 2.70. The summed E-state index contributed by atoms with van der Waals surface area (Å²) in [6, 6.07) is 13.4. The molecule has 2 aromatic rings. The summed E-state index contributed by atoms with van der Waals surface area (Å²) in [5.74, 6) is 0.628. The van der Waals surface area contributed by atoms with E-state index in [0.717, 1.165) is 57.8 Å². The lowest BCUT2D eigenvalue weighted by Crippen LogP contribution is -2.51. The lowest BCUT2D eigenvalue weighted by Gasteiger charge is -2.46. The van der Waals surface area contributed by atoms with Crippen LogP contribution in [0, 0.1) is 5.92 Å². The van der Waals surface area contributed by atoms with Gasteiger partial charge in [0.1, 0.15) is 5.69 Å². The van der Waals surface area contributed by atoms with Crippen LogP contribution in [-0.4, -0.2) is 47.7 Å². The Morgan fingerprint density at radius 2 is 1.79 bits per heavy atom. The Morgan fingerprint density at radius 3 is 2.59 bits per heavy atom. The number of piperidine rings is 1. The van der Waals surface area contributed by atoms with E-state index in [9.17, 15) is 9.59 Å². The fourth-order valence-electron chi connectivity index (χ4n) is 5.21. The molecule has 1 amide bonds. The maximum absolute atomic E-state index is 13.1. The molecule has 1 aromatic heterocycles. The number of anilines is 1. The molecular weight excluding hydrogens is 366 g/mol. The third-order valence-electron chi connectivity index (χ3n) is 6.62. The molecule has 0 spiro atoms. The third-order valence-corrected chi connectivity index (χ3v) is 6.62. The van der Waals surface area contributed by atoms with Gasteiger partial charge in [-0.1, -0.05) is 18.2 Å². The van der Waals surface area contributed by atoms with Crippen molar-refractivity contribution in [1.82, 2.24) is 9.47 Å². The van der Waals surface area contributed by atoms with Crippen molar-refractivity contribution in [3.8, 4) is 0 Å². The Labute approximate surface area is 170 Å². The number of hydrogen-bond donors (Lipinski definition) is 1. The second-order valence-electron chi connectivity index (χ2n) is 8.50. The molecule has 2 atom stereocenters. The second-order valence-corrected chi connectivity index (χ2v) is 8.50. The van der Waals surface area contributed by atoms with Gasteiger partial charge in [-0.3, -0.25) is 14.5 Å². The molecule has 2 saturated heterocycles. The van der Waals surface area contributed by atoms with Gasteiger partial charge in [0.25, 0.3) is 11.5 Å². The van der Waals surface area contributed by atoms with Crippen molar-refractivity contribution in [2.24, 2.45) is 5.92 Å². The normalized spacial score (nSPS) is 24.7. The van der Waals surface area contributed by atoms with Crippen LogP contribution in [-0.2, 0) is 11.3 Å². The number of nitrogens with one attached hydrogen (secondary N) is 1. The minimum Gasteiger partial charge on any atom is -0.381 e. The van der Waals surface area contributed by atoms with Crippen molar-refractivity contribution >= 4 is 11.6 Å². The molecule has 4 heterocycles. The van der Waals surface area contributed by atoms with Crippen molar-refractivity contribution in [3.63, 3.8) is 0 Å². The van der Waals surface area contributed by atoms with E-state index in [-0.39, 0.29) is 11.5 Å². The molecule has 0 aliphatic carbocycles. The average molecular weight is 393 g/mol. The summed E-state index contributed by atoms with van der Waals surface area (Å²) in [5.41, 5.74) is 1.95. The quantitative estimate of drug-likeness (QED) is 0.871. The molecule has 2 bridgehead atoms. The molecule has 6 heteroatoms. The molecule has 3 aliphatic rings. The van der Waals surface area contributed by atoms with E-state index in [4.69, 9.17) is 4.74 Å².